The summed E-state index contributed by atoms with van der Waals surface area (Å²) < 4.78 is 14.6. The number of benzene rings is 1. The summed E-state index contributed by atoms with van der Waals surface area (Å²) in [5.41, 5.74) is 0.917. The maximum Gasteiger partial charge on any atom is 0.338 e. The van der Waals surface area contributed by atoms with Crippen molar-refractivity contribution in [2.75, 3.05) is 13.1 Å². The van der Waals surface area contributed by atoms with Gasteiger partial charge in [-0.05, 0) is 30.5 Å². The van der Waals surface area contributed by atoms with E-state index >= 15 is 0 Å². The van der Waals surface area contributed by atoms with Crippen LogP contribution in [-0.2, 0) is 11.2 Å². The largest absolute Gasteiger partial charge is 0.478 e. The van der Waals surface area contributed by atoms with Gasteiger partial charge < -0.3 is 10.0 Å². The van der Waals surface area contributed by atoms with Crippen molar-refractivity contribution in [3.05, 3.63) is 53.6 Å². The lowest BCUT2D eigenvalue weighted by Crippen LogP contribution is -2.41. The molecule has 6 nitrogen and oxygen atoms in total. The number of rotatable bonds is 4. The highest BCUT2D eigenvalue weighted by atomic mass is 19.1. The second-order valence-electron chi connectivity index (χ2n) is 5.95. The number of carboxylic acid groups (broad SMARTS) is 1. The van der Waals surface area contributed by atoms with Crippen molar-refractivity contribution >= 4 is 11.9 Å². The Hall–Kier alpha value is -2.70. The monoisotopic (exact) mass is 331 g/mol. The van der Waals surface area contributed by atoms with Crippen LogP contribution in [0.5, 0.6) is 0 Å². The Kier molecular flexibility index (Phi) is 4.59. The number of amides is 1. The predicted octanol–water partition coefficient (Wildman–Crippen LogP) is 2.13. The molecule has 1 saturated heterocycles. The highest BCUT2D eigenvalue weighted by Gasteiger charge is 2.25. The summed E-state index contributed by atoms with van der Waals surface area (Å²) in [4.78, 5) is 25.2. The van der Waals surface area contributed by atoms with Gasteiger partial charge in [0.2, 0.25) is 5.91 Å². The number of carbonyl (C=O) groups excluding carboxylic acids is 1. The normalized spacial score (nSPS) is 17.7. The van der Waals surface area contributed by atoms with Gasteiger partial charge in [-0.3, -0.25) is 9.48 Å². The average Bonchev–Trinajstić information content (AvgIpc) is 3.07. The van der Waals surface area contributed by atoms with Crippen LogP contribution in [0.25, 0.3) is 0 Å². The Morgan fingerprint density at radius 2 is 2.04 bits per heavy atom. The summed E-state index contributed by atoms with van der Waals surface area (Å²) in [6.07, 6.45) is 4.73. The lowest BCUT2D eigenvalue weighted by Gasteiger charge is -2.33. The van der Waals surface area contributed by atoms with Crippen LogP contribution in [0, 0.1) is 5.82 Å². The Labute approximate surface area is 138 Å². The number of hydrogen-bond donors (Lipinski definition) is 1. The fourth-order valence-corrected chi connectivity index (χ4v) is 2.93. The van der Waals surface area contributed by atoms with Gasteiger partial charge in [0.1, 0.15) is 5.82 Å². The molecule has 0 aliphatic carbocycles. The zero-order valence-electron chi connectivity index (χ0n) is 13.1. The smallest absolute Gasteiger partial charge is 0.338 e. The van der Waals surface area contributed by atoms with Crippen molar-refractivity contribution in [2.24, 2.45) is 0 Å². The molecule has 126 valence electrons. The van der Waals surface area contributed by atoms with Gasteiger partial charge >= 0.3 is 5.97 Å². The molecule has 1 aromatic carbocycles. The topological polar surface area (TPSA) is 75.4 Å². The summed E-state index contributed by atoms with van der Waals surface area (Å²) in [6, 6.07) is 5.89. The van der Waals surface area contributed by atoms with Gasteiger partial charge in [-0.15, -0.1) is 0 Å². The van der Waals surface area contributed by atoms with E-state index in [1.807, 2.05) is 0 Å². The van der Waals surface area contributed by atoms with E-state index < -0.39 is 5.97 Å². The van der Waals surface area contributed by atoms with Crippen LogP contribution in [0.15, 0.2) is 36.7 Å². The van der Waals surface area contributed by atoms with Crippen LogP contribution in [-0.4, -0.2) is 44.8 Å². The summed E-state index contributed by atoms with van der Waals surface area (Å²) >= 11 is 0. The molecule has 0 saturated carbocycles. The number of piperidine rings is 1. The highest BCUT2D eigenvalue weighted by molar-refractivity contribution is 5.86. The Balaban J connectivity index is 1.64. The van der Waals surface area contributed by atoms with Crippen molar-refractivity contribution in [1.82, 2.24) is 14.7 Å². The summed E-state index contributed by atoms with van der Waals surface area (Å²) in [6.45, 7) is 1.17. The molecule has 7 heteroatoms. The van der Waals surface area contributed by atoms with Crippen LogP contribution >= 0.6 is 0 Å². The average molecular weight is 331 g/mol. The third-order valence-corrected chi connectivity index (χ3v) is 4.24. The number of aromatic nitrogens is 2. The van der Waals surface area contributed by atoms with E-state index in [4.69, 9.17) is 5.11 Å². The van der Waals surface area contributed by atoms with Crippen molar-refractivity contribution in [3.63, 3.8) is 0 Å². The lowest BCUT2D eigenvalue weighted by atomic mass is 10.0. The van der Waals surface area contributed by atoms with Crippen LogP contribution in [0.2, 0.25) is 0 Å². The maximum absolute atomic E-state index is 12.9. The molecule has 1 aliphatic rings. The molecule has 1 amide bonds. The number of aromatic carboxylic acids is 1. The first-order chi connectivity index (χ1) is 11.5. The van der Waals surface area contributed by atoms with Crippen molar-refractivity contribution in [3.8, 4) is 0 Å². The predicted molar refractivity (Wildman–Crippen MR) is 84.1 cm³/mol. The number of likely N-dealkylation sites (tertiary alicyclic amines) is 1. The Morgan fingerprint density at radius 1 is 1.29 bits per heavy atom. The SMILES string of the molecule is O=C(O)c1cnn([C@@H]2CCCN(C(=O)Cc3ccc(F)cc3)C2)c1. The number of carbonyl (C=O) groups is 2. The number of nitrogens with zero attached hydrogens (tertiary/aromatic N) is 3. The van der Waals surface area contributed by atoms with E-state index in [1.54, 1.807) is 21.7 Å². The molecule has 1 atom stereocenters. The first kappa shape index (κ1) is 16.2. The minimum absolute atomic E-state index is 0.0167. The van der Waals surface area contributed by atoms with E-state index in [-0.39, 0.29) is 29.8 Å². The van der Waals surface area contributed by atoms with Crippen molar-refractivity contribution in [1.29, 1.82) is 0 Å². The minimum atomic E-state index is -1.01. The fourth-order valence-electron chi connectivity index (χ4n) is 2.93. The minimum Gasteiger partial charge on any atom is -0.478 e. The van der Waals surface area contributed by atoms with Crippen LogP contribution in [0.1, 0.15) is 34.8 Å². The van der Waals surface area contributed by atoms with E-state index in [0.717, 1.165) is 18.4 Å². The molecular weight excluding hydrogens is 313 g/mol. The first-order valence-corrected chi connectivity index (χ1v) is 7.82. The van der Waals surface area contributed by atoms with Gasteiger partial charge in [0.25, 0.3) is 0 Å². The third kappa shape index (κ3) is 3.61. The van der Waals surface area contributed by atoms with E-state index in [1.165, 1.54) is 24.5 Å². The lowest BCUT2D eigenvalue weighted by molar-refractivity contribution is -0.132. The highest BCUT2D eigenvalue weighted by Crippen LogP contribution is 2.22. The van der Waals surface area contributed by atoms with Gasteiger partial charge in [-0.1, -0.05) is 12.1 Å². The molecular formula is C17H18FN3O3. The van der Waals surface area contributed by atoms with E-state index in [0.29, 0.717) is 13.1 Å². The fraction of sp³-hybridized carbons (Fsp3) is 0.353. The van der Waals surface area contributed by atoms with Gasteiger partial charge in [0, 0.05) is 19.3 Å². The molecule has 0 unspecified atom stereocenters. The molecule has 2 heterocycles. The molecule has 2 aromatic rings. The molecule has 1 fully saturated rings. The maximum atomic E-state index is 12.9. The molecule has 0 radical (unpaired) electrons. The molecule has 0 spiro atoms. The van der Waals surface area contributed by atoms with E-state index in [9.17, 15) is 14.0 Å². The second-order valence-corrected chi connectivity index (χ2v) is 5.95. The Bertz CT molecular complexity index is 742. The van der Waals surface area contributed by atoms with E-state index in [2.05, 4.69) is 5.10 Å². The first-order valence-electron chi connectivity index (χ1n) is 7.82. The molecule has 1 aliphatic heterocycles. The Morgan fingerprint density at radius 3 is 2.71 bits per heavy atom. The molecule has 0 bridgehead atoms. The van der Waals surface area contributed by atoms with Gasteiger partial charge in [0.05, 0.1) is 24.2 Å². The summed E-state index contributed by atoms with van der Waals surface area (Å²) in [5.74, 6) is -1.35. The number of halogens is 1. The van der Waals surface area contributed by atoms with Crippen LogP contribution in [0.4, 0.5) is 4.39 Å². The zero-order valence-corrected chi connectivity index (χ0v) is 13.1. The third-order valence-electron chi connectivity index (χ3n) is 4.24. The number of hydrogen-bond acceptors (Lipinski definition) is 3. The van der Waals surface area contributed by atoms with Crippen LogP contribution in [0.3, 0.4) is 0 Å². The summed E-state index contributed by atoms with van der Waals surface area (Å²) in [7, 11) is 0. The molecule has 24 heavy (non-hydrogen) atoms. The van der Waals surface area contributed by atoms with Gasteiger partial charge in [0.15, 0.2) is 0 Å². The van der Waals surface area contributed by atoms with Gasteiger partial charge in [-0.2, -0.15) is 5.10 Å². The molecule has 3 rings (SSSR count). The van der Waals surface area contributed by atoms with Crippen LogP contribution < -0.4 is 0 Å². The van der Waals surface area contributed by atoms with Gasteiger partial charge in [-0.25, -0.2) is 9.18 Å². The quantitative estimate of drug-likeness (QED) is 0.931. The molecule has 1 N–H and O–H groups in total. The van der Waals surface area contributed by atoms with Crippen molar-refractivity contribution < 1.29 is 19.1 Å². The number of carboxylic acids is 1. The second kappa shape index (κ2) is 6.82. The molecule has 1 aromatic heterocycles. The van der Waals surface area contributed by atoms with Crippen molar-refractivity contribution in [2.45, 2.75) is 25.3 Å². The summed E-state index contributed by atoms with van der Waals surface area (Å²) in [5, 5.41) is 13.1. The zero-order chi connectivity index (χ0) is 17.1. The standard InChI is InChI=1S/C17H18FN3O3/c18-14-5-3-12(4-6-14)8-16(22)20-7-1-2-15(11-20)21-10-13(9-19-21)17(23)24/h3-6,9-10,15H,1-2,7-8,11H2,(H,23,24)/t15-/m1/s1.